The van der Waals surface area contributed by atoms with E-state index in [1.165, 1.54) is 6.33 Å². The van der Waals surface area contributed by atoms with Crippen LogP contribution in [-0.2, 0) is 11.5 Å². The second-order valence-electron chi connectivity index (χ2n) is 3.71. The van der Waals surface area contributed by atoms with Gasteiger partial charge in [-0.15, -0.1) is 0 Å². The molecule has 0 aliphatic heterocycles. The van der Waals surface area contributed by atoms with Crippen molar-refractivity contribution in [1.29, 1.82) is 0 Å². The maximum atomic E-state index is 11.3. The molecule has 9 nitrogen and oxygen atoms in total. The van der Waals surface area contributed by atoms with Crippen molar-refractivity contribution in [3.8, 4) is 0 Å². The van der Waals surface area contributed by atoms with Crippen LogP contribution < -0.4 is 17.2 Å². The molecule has 1 rings (SSSR count). The van der Waals surface area contributed by atoms with Crippen molar-refractivity contribution >= 4 is 5.95 Å². The molecule has 2 unspecified atom stereocenters. The van der Waals surface area contributed by atoms with Crippen molar-refractivity contribution in [3.63, 3.8) is 0 Å². The zero-order chi connectivity index (χ0) is 13.5. The largest absolute Gasteiger partial charge is 0.396 e. The fraction of sp³-hybridized carbons (Fsp3) is 0.667. The van der Waals surface area contributed by atoms with E-state index in [0.717, 1.165) is 4.57 Å². The highest BCUT2D eigenvalue weighted by atomic mass is 16.5. The molecule has 18 heavy (non-hydrogen) atoms. The van der Waals surface area contributed by atoms with E-state index >= 15 is 0 Å². The number of aliphatic hydroxyl groups is 2. The Bertz CT molecular complexity index is 424. The summed E-state index contributed by atoms with van der Waals surface area (Å²) in [6, 6.07) is 0. The van der Waals surface area contributed by atoms with Gasteiger partial charge in [0, 0.05) is 12.5 Å². The summed E-state index contributed by atoms with van der Waals surface area (Å²) in [5.41, 5.74) is 9.91. The van der Waals surface area contributed by atoms with Crippen LogP contribution in [0.15, 0.2) is 11.1 Å². The SMILES string of the molecule is NCC(O)C(CO)COCn1cnc(N)nc1=O. The number of aromatic nitrogens is 3. The smallest absolute Gasteiger partial charge is 0.353 e. The van der Waals surface area contributed by atoms with Gasteiger partial charge in [-0.3, -0.25) is 4.57 Å². The quantitative estimate of drug-likeness (QED) is 0.408. The lowest BCUT2D eigenvalue weighted by atomic mass is 10.1. The Morgan fingerprint density at radius 3 is 2.83 bits per heavy atom. The Balaban J connectivity index is 2.48. The van der Waals surface area contributed by atoms with Crippen LogP contribution in [0.5, 0.6) is 0 Å². The van der Waals surface area contributed by atoms with E-state index in [1.807, 2.05) is 0 Å². The third-order valence-corrected chi connectivity index (χ3v) is 2.37. The van der Waals surface area contributed by atoms with Crippen LogP contribution in [0.4, 0.5) is 5.95 Å². The standard InChI is InChI=1S/C9H17N5O4/c10-1-7(16)6(2-15)3-18-5-14-4-12-8(11)13-9(14)17/h4,6-7,15-16H,1-3,5,10H2,(H2,11,13,17). The Morgan fingerprint density at radius 1 is 1.56 bits per heavy atom. The molecule has 0 saturated carbocycles. The number of rotatable bonds is 7. The van der Waals surface area contributed by atoms with Crippen molar-refractivity contribution in [2.24, 2.45) is 11.7 Å². The van der Waals surface area contributed by atoms with Crippen LogP contribution in [-0.4, -0.2) is 50.6 Å². The van der Waals surface area contributed by atoms with Gasteiger partial charge in [0.2, 0.25) is 5.95 Å². The summed E-state index contributed by atoms with van der Waals surface area (Å²) in [5.74, 6) is -0.608. The summed E-state index contributed by atoms with van der Waals surface area (Å²) in [7, 11) is 0. The molecule has 1 aromatic heterocycles. The molecule has 1 heterocycles. The second-order valence-corrected chi connectivity index (χ2v) is 3.71. The highest BCUT2D eigenvalue weighted by Crippen LogP contribution is 2.03. The Labute approximate surface area is 103 Å². The number of aliphatic hydroxyl groups excluding tert-OH is 2. The van der Waals surface area contributed by atoms with E-state index in [-0.39, 0.29) is 32.4 Å². The minimum Gasteiger partial charge on any atom is -0.396 e. The van der Waals surface area contributed by atoms with Crippen molar-refractivity contribution < 1.29 is 14.9 Å². The lowest BCUT2D eigenvalue weighted by Gasteiger charge is -2.19. The summed E-state index contributed by atoms with van der Waals surface area (Å²) in [6.45, 7) is -0.260. The average Bonchev–Trinajstić information content (AvgIpc) is 2.36. The predicted molar refractivity (Wildman–Crippen MR) is 62.3 cm³/mol. The topological polar surface area (TPSA) is 150 Å². The van der Waals surface area contributed by atoms with Gasteiger partial charge in [-0.2, -0.15) is 4.98 Å². The summed E-state index contributed by atoms with van der Waals surface area (Å²) >= 11 is 0. The van der Waals surface area contributed by atoms with Crippen molar-refractivity contribution in [3.05, 3.63) is 16.8 Å². The molecule has 1 aromatic rings. The first-order chi connectivity index (χ1) is 8.58. The number of hydrogen-bond acceptors (Lipinski definition) is 8. The third kappa shape index (κ3) is 4.04. The normalized spacial score (nSPS) is 14.4. The minimum absolute atomic E-state index is 0.0273. The van der Waals surface area contributed by atoms with Crippen LogP contribution in [0.25, 0.3) is 0 Å². The molecule has 0 aromatic carbocycles. The number of nitrogen functional groups attached to an aromatic ring is 1. The molecule has 0 amide bonds. The monoisotopic (exact) mass is 259 g/mol. The molecule has 0 radical (unpaired) electrons. The molecule has 0 aliphatic rings. The Kier molecular flexibility index (Phi) is 5.65. The molecule has 0 bridgehead atoms. The summed E-state index contributed by atoms with van der Waals surface area (Å²) in [5, 5.41) is 18.4. The number of nitrogens with zero attached hydrogens (tertiary/aromatic N) is 3. The van der Waals surface area contributed by atoms with Gasteiger partial charge in [-0.25, -0.2) is 9.78 Å². The van der Waals surface area contributed by atoms with Crippen LogP contribution in [0.2, 0.25) is 0 Å². The molecule has 0 aliphatic carbocycles. The van der Waals surface area contributed by atoms with Gasteiger partial charge in [-0.05, 0) is 0 Å². The molecule has 0 fully saturated rings. The van der Waals surface area contributed by atoms with Gasteiger partial charge in [0.25, 0.3) is 0 Å². The van der Waals surface area contributed by atoms with Gasteiger partial charge < -0.3 is 26.4 Å². The zero-order valence-electron chi connectivity index (χ0n) is 9.77. The highest BCUT2D eigenvalue weighted by molar-refractivity contribution is 5.09. The van der Waals surface area contributed by atoms with Gasteiger partial charge in [-0.1, -0.05) is 0 Å². The van der Waals surface area contributed by atoms with E-state index in [9.17, 15) is 9.90 Å². The lowest BCUT2D eigenvalue weighted by Crippen LogP contribution is -2.35. The lowest BCUT2D eigenvalue weighted by molar-refractivity contribution is -0.0173. The van der Waals surface area contributed by atoms with Crippen LogP contribution in [0.3, 0.4) is 0 Å². The summed E-state index contributed by atoms with van der Waals surface area (Å²) < 4.78 is 6.29. The number of nitrogens with two attached hydrogens (primary N) is 2. The molecule has 6 N–H and O–H groups in total. The third-order valence-electron chi connectivity index (χ3n) is 2.37. The maximum absolute atomic E-state index is 11.3. The van der Waals surface area contributed by atoms with E-state index in [1.54, 1.807) is 0 Å². The zero-order valence-corrected chi connectivity index (χ0v) is 9.77. The van der Waals surface area contributed by atoms with Crippen molar-refractivity contribution in [2.75, 3.05) is 25.5 Å². The van der Waals surface area contributed by atoms with E-state index in [4.69, 9.17) is 21.3 Å². The maximum Gasteiger partial charge on any atom is 0.353 e. The second kappa shape index (κ2) is 7.01. The molecular formula is C9H17N5O4. The molecule has 0 spiro atoms. The minimum atomic E-state index is -0.852. The van der Waals surface area contributed by atoms with E-state index in [2.05, 4.69) is 9.97 Å². The first kappa shape index (κ1) is 14.5. The molecule has 102 valence electrons. The predicted octanol–water partition coefficient (Wildman–Crippen LogP) is -2.88. The Hall–Kier alpha value is -1.55. The summed E-state index contributed by atoms with van der Waals surface area (Å²) in [6.07, 6.45) is 0.354. The average molecular weight is 259 g/mol. The fourth-order valence-corrected chi connectivity index (χ4v) is 1.24. The Morgan fingerprint density at radius 2 is 2.28 bits per heavy atom. The van der Waals surface area contributed by atoms with Crippen LogP contribution in [0.1, 0.15) is 0 Å². The molecule has 2 atom stereocenters. The summed E-state index contributed by atoms with van der Waals surface area (Å²) in [4.78, 5) is 18.4. The van der Waals surface area contributed by atoms with E-state index in [0.29, 0.717) is 0 Å². The molecule has 9 heteroatoms. The van der Waals surface area contributed by atoms with Gasteiger partial charge in [0.05, 0.1) is 19.3 Å². The van der Waals surface area contributed by atoms with Crippen LogP contribution in [0, 0.1) is 5.92 Å². The highest BCUT2D eigenvalue weighted by Gasteiger charge is 2.17. The first-order valence-corrected chi connectivity index (χ1v) is 5.34. The van der Waals surface area contributed by atoms with Crippen molar-refractivity contribution in [1.82, 2.24) is 14.5 Å². The van der Waals surface area contributed by atoms with Gasteiger partial charge in [0.1, 0.15) is 13.1 Å². The van der Waals surface area contributed by atoms with E-state index < -0.39 is 17.7 Å². The fourth-order valence-electron chi connectivity index (χ4n) is 1.24. The number of hydrogen-bond donors (Lipinski definition) is 4. The first-order valence-electron chi connectivity index (χ1n) is 5.34. The van der Waals surface area contributed by atoms with Crippen molar-refractivity contribution in [2.45, 2.75) is 12.8 Å². The molecular weight excluding hydrogens is 242 g/mol. The van der Waals surface area contributed by atoms with Gasteiger partial charge in [0.15, 0.2) is 0 Å². The van der Waals surface area contributed by atoms with Gasteiger partial charge >= 0.3 is 5.69 Å². The number of ether oxygens (including phenoxy) is 1. The number of anilines is 1. The molecule has 0 saturated heterocycles. The van der Waals surface area contributed by atoms with Crippen LogP contribution >= 0.6 is 0 Å².